The van der Waals surface area contributed by atoms with E-state index in [4.69, 9.17) is 24.1 Å². The van der Waals surface area contributed by atoms with Crippen LogP contribution in [-0.2, 0) is 18.3 Å². The number of imide groups is 1. The summed E-state index contributed by atoms with van der Waals surface area (Å²) in [6, 6.07) is 10.0. The van der Waals surface area contributed by atoms with Crippen molar-refractivity contribution in [1.82, 2.24) is 0 Å². The van der Waals surface area contributed by atoms with E-state index in [9.17, 15) is 19.7 Å². The number of para-hydroxylation sites is 1. The van der Waals surface area contributed by atoms with Crippen LogP contribution in [0.1, 0.15) is 22.8 Å². The van der Waals surface area contributed by atoms with E-state index in [0.717, 1.165) is 4.90 Å². The molecule has 0 radical (unpaired) electrons. The zero-order chi connectivity index (χ0) is 19.7. The standard InChI is InChI=1S/C17H12N2O5.2ClH.Ru/c1-10-4-3-5-14-15(10)24-11(2)16(20)18(14)17(21)12-6-8-13(9-7-12)19(22)23;;;/h1,3-9,11H,2H3;2*1H;/q;;;+2/p-2. The van der Waals surface area contributed by atoms with E-state index in [0.29, 0.717) is 11.3 Å². The van der Waals surface area contributed by atoms with Crippen molar-refractivity contribution in [3.8, 4) is 5.75 Å². The summed E-state index contributed by atoms with van der Waals surface area (Å²) in [4.78, 5) is 36.8. The summed E-state index contributed by atoms with van der Waals surface area (Å²) in [7, 11) is 11.9. The molecule has 0 fully saturated rings. The average molecular weight is 496 g/mol. The quantitative estimate of drug-likeness (QED) is 0.280. The third-order valence-electron chi connectivity index (χ3n) is 3.84. The maximum atomic E-state index is 13.0. The molecule has 7 nitrogen and oxygen atoms in total. The molecule has 1 aliphatic rings. The number of hydrogen-bond acceptors (Lipinski definition) is 5. The Bertz CT molecular complexity index is 974. The topological polar surface area (TPSA) is 89.8 Å². The Balaban J connectivity index is 2.08. The Kier molecular flexibility index (Phi) is 5.70. The molecule has 1 atom stereocenters. The van der Waals surface area contributed by atoms with Crippen molar-refractivity contribution in [2.45, 2.75) is 13.0 Å². The molecule has 27 heavy (non-hydrogen) atoms. The van der Waals surface area contributed by atoms with E-state index in [-0.39, 0.29) is 16.9 Å². The monoisotopic (exact) mass is 496 g/mol. The molecule has 0 saturated carbocycles. The van der Waals surface area contributed by atoms with Crippen molar-refractivity contribution in [1.29, 1.82) is 0 Å². The van der Waals surface area contributed by atoms with E-state index < -0.39 is 36.4 Å². The minimum absolute atomic E-state index is 0.144. The predicted octanol–water partition coefficient (Wildman–Crippen LogP) is 3.63. The third-order valence-corrected chi connectivity index (χ3v) is 5.68. The second-order valence-electron chi connectivity index (χ2n) is 5.55. The average Bonchev–Trinajstić information content (AvgIpc) is 2.62. The number of carbonyl (C=O) groups is 2. The van der Waals surface area contributed by atoms with Gasteiger partial charge in [-0.2, -0.15) is 0 Å². The van der Waals surface area contributed by atoms with Crippen LogP contribution in [0.2, 0.25) is 0 Å². The summed E-state index contributed by atoms with van der Waals surface area (Å²) in [5, 5.41) is 10.8. The van der Waals surface area contributed by atoms with Crippen molar-refractivity contribution in [2.24, 2.45) is 0 Å². The number of rotatable bonds is 3. The van der Waals surface area contributed by atoms with Crippen molar-refractivity contribution < 1.29 is 32.8 Å². The van der Waals surface area contributed by atoms with Crippen molar-refractivity contribution in [3.63, 3.8) is 0 Å². The number of anilines is 1. The molecule has 0 bridgehead atoms. The molecule has 142 valence electrons. The molecular weight excluding hydrogens is 484 g/mol. The van der Waals surface area contributed by atoms with Crippen molar-refractivity contribution >= 4 is 47.2 Å². The van der Waals surface area contributed by atoms with Gasteiger partial charge in [-0.25, -0.2) is 0 Å². The van der Waals surface area contributed by atoms with Gasteiger partial charge >= 0.3 is 167 Å². The van der Waals surface area contributed by atoms with Crippen molar-refractivity contribution in [2.75, 3.05) is 4.90 Å². The SMILES string of the molecule is CC1Oc2c([CH]=[Ru]([Cl])[Cl])cccc2N(C(=O)c2ccc([N+](=O)[O-])cc2)C1=O. The summed E-state index contributed by atoms with van der Waals surface area (Å²) in [5.74, 6) is -0.789. The number of benzene rings is 2. The Morgan fingerprint density at radius 1 is 1.26 bits per heavy atom. The number of nitro groups is 1. The van der Waals surface area contributed by atoms with Gasteiger partial charge in [0.2, 0.25) is 0 Å². The summed E-state index contributed by atoms with van der Waals surface area (Å²) in [5.41, 5.74) is 0.882. The second kappa shape index (κ2) is 7.84. The van der Waals surface area contributed by atoms with Gasteiger partial charge < -0.3 is 0 Å². The van der Waals surface area contributed by atoms with Crippen LogP contribution in [0, 0.1) is 10.1 Å². The molecule has 3 rings (SSSR count). The summed E-state index contributed by atoms with van der Waals surface area (Å²) in [6.45, 7) is 1.54. The van der Waals surface area contributed by atoms with Gasteiger partial charge in [0.05, 0.1) is 0 Å². The number of fused-ring (bicyclic) bond motifs is 1. The number of nitro benzene ring substituents is 1. The summed E-state index contributed by atoms with van der Waals surface area (Å²) >= 11 is -2.16. The van der Waals surface area contributed by atoms with Gasteiger partial charge in [-0.05, 0) is 0 Å². The molecule has 0 aromatic heterocycles. The number of ether oxygens (including phenoxy) is 1. The second-order valence-corrected chi connectivity index (χ2v) is 11.3. The molecular formula is C17H12Cl2N2O5Ru. The third kappa shape index (κ3) is 3.93. The zero-order valence-corrected chi connectivity index (χ0v) is 17.0. The van der Waals surface area contributed by atoms with Crippen LogP contribution in [-0.4, -0.2) is 27.5 Å². The summed E-state index contributed by atoms with van der Waals surface area (Å²) < 4.78 is 7.35. The molecule has 1 aliphatic heterocycles. The van der Waals surface area contributed by atoms with Gasteiger partial charge in [0.1, 0.15) is 0 Å². The normalized spacial score (nSPS) is 16.3. The van der Waals surface area contributed by atoms with E-state index in [2.05, 4.69) is 0 Å². The van der Waals surface area contributed by atoms with Crippen LogP contribution in [0.4, 0.5) is 11.4 Å². The Labute approximate surface area is 167 Å². The van der Waals surface area contributed by atoms with E-state index >= 15 is 0 Å². The maximum absolute atomic E-state index is 13.0. The number of carbonyl (C=O) groups excluding carboxylic acids is 2. The van der Waals surface area contributed by atoms with E-state index in [1.807, 2.05) is 0 Å². The fraction of sp³-hybridized carbons (Fsp3) is 0.118. The minimum atomic E-state index is -2.16. The molecule has 2 aromatic rings. The molecule has 2 aromatic carbocycles. The first-order valence-electron chi connectivity index (χ1n) is 7.55. The van der Waals surface area contributed by atoms with Crippen LogP contribution in [0.25, 0.3) is 0 Å². The van der Waals surface area contributed by atoms with E-state index in [1.54, 1.807) is 22.8 Å². The summed E-state index contributed by atoms with van der Waals surface area (Å²) in [6.07, 6.45) is -0.889. The molecule has 0 N–H and O–H groups in total. The van der Waals surface area contributed by atoms with Gasteiger partial charge in [-0.15, -0.1) is 0 Å². The molecule has 0 spiro atoms. The van der Waals surface area contributed by atoms with E-state index in [1.165, 1.54) is 31.2 Å². The van der Waals surface area contributed by atoms with Crippen molar-refractivity contribution in [3.05, 3.63) is 63.7 Å². The number of amides is 2. The Hall–Kier alpha value is -2.15. The van der Waals surface area contributed by atoms with Crippen LogP contribution in [0.15, 0.2) is 42.5 Å². The Morgan fingerprint density at radius 3 is 2.52 bits per heavy atom. The van der Waals surface area contributed by atoms with Gasteiger partial charge in [0.25, 0.3) is 0 Å². The number of non-ortho nitro benzene ring substituents is 1. The Morgan fingerprint density at radius 2 is 1.93 bits per heavy atom. The zero-order valence-electron chi connectivity index (χ0n) is 13.7. The predicted molar refractivity (Wildman–Crippen MR) is 98.3 cm³/mol. The number of halogens is 2. The first-order chi connectivity index (χ1) is 12.8. The van der Waals surface area contributed by atoms with Gasteiger partial charge in [0, 0.05) is 0 Å². The molecule has 2 amide bonds. The first-order valence-corrected chi connectivity index (χ1v) is 13.0. The molecule has 0 saturated heterocycles. The molecule has 0 aliphatic carbocycles. The van der Waals surface area contributed by atoms with Crippen LogP contribution in [0.5, 0.6) is 5.75 Å². The fourth-order valence-electron chi connectivity index (χ4n) is 2.60. The van der Waals surface area contributed by atoms with Crippen LogP contribution in [0.3, 0.4) is 0 Å². The van der Waals surface area contributed by atoms with Gasteiger partial charge in [0.15, 0.2) is 0 Å². The molecule has 1 unspecified atom stereocenters. The number of nitrogens with zero attached hydrogens (tertiary/aromatic N) is 2. The van der Waals surface area contributed by atoms with Crippen LogP contribution >= 0.6 is 19.4 Å². The van der Waals surface area contributed by atoms with Gasteiger partial charge in [-0.3, -0.25) is 0 Å². The van der Waals surface area contributed by atoms with Crippen LogP contribution < -0.4 is 9.64 Å². The first kappa shape index (κ1) is 19.6. The van der Waals surface area contributed by atoms with Gasteiger partial charge in [-0.1, -0.05) is 0 Å². The number of hydrogen-bond donors (Lipinski definition) is 0. The molecule has 1 heterocycles. The fourth-order valence-corrected chi connectivity index (χ4v) is 4.39. The molecule has 10 heteroatoms.